The molecular weight excluding hydrogens is 509 g/mol. The molecule has 2 aliphatic rings. The number of fused-ring (bicyclic) bond motifs is 3. The molecule has 2 aromatic carbocycles. The molecule has 0 unspecified atom stereocenters. The van der Waals surface area contributed by atoms with Crippen molar-refractivity contribution < 1.29 is 27.1 Å². The van der Waals surface area contributed by atoms with Crippen molar-refractivity contribution in [1.82, 2.24) is 9.80 Å². The number of alkyl halides is 3. The first-order chi connectivity index (χ1) is 17.7. The fourth-order valence-corrected chi connectivity index (χ4v) is 6.90. The molecule has 3 heterocycles. The van der Waals surface area contributed by atoms with Crippen molar-refractivity contribution in [3.05, 3.63) is 64.0 Å². The molecule has 2 aliphatic heterocycles. The lowest BCUT2D eigenvalue weighted by atomic mass is 9.87. The van der Waals surface area contributed by atoms with Crippen LogP contribution in [0.4, 0.5) is 27.6 Å². The second-order valence-corrected chi connectivity index (χ2v) is 11.2. The summed E-state index contributed by atoms with van der Waals surface area (Å²) >= 11 is 1.52. The first-order valence-corrected chi connectivity index (χ1v) is 13.3. The molecule has 0 bridgehead atoms. The van der Waals surface area contributed by atoms with Gasteiger partial charge in [-0.05, 0) is 48.9 Å². The summed E-state index contributed by atoms with van der Waals surface area (Å²) < 4.78 is 73.7. The smallest absolute Gasteiger partial charge is 0.283 e. The van der Waals surface area contributed by atoms with Crippen LogP contribution in [0.15, 0.2) is 36.4 Å². The predicted octanol–water partition coefficient (Wildman–Crippen LogP) is 5.60. The Morgan fingerprint density at radius 1 is 1.11 bits per heavy atom. The van der Waals surface area contributed by atoms with Crippen LogP contribution < -0.4 is 5.32 Å². The minimum Gasteiger partial charge on any atom is -0.390 e. The van der Waals surface area contributed by atoms with E-state index in [9.17, 15) is 18.3 Å². The summed E-state index contributed by atoms with van der Waals surface area (Å²) in [5.41, 5.74) is 0.655. The molecule has 1 aromatic heterocycles. The number of nitrogens with zero attached hydrogens (tertiary/aromatic N) is 2. The molecule has 3 aromatic rings. The Morgan fingerprint density at radius 2 is 1.81 bits per heavy atom. The van der Waals surface area contributed by atoms with E-state index >= 15 is 8.78 Å². The maximum absolute atomic E-state index is 15.7. The molecular formula is C27H30F5N3OS. The summed E-state index contributed by atoms with van der Waals surface area (Å²) in [6, 6.07) is 8.41. The molecule has 5 rings (SSSR count). The van der Waals surface area contributed by atoms with Crippen LogP contribution in [0.2, 0.25) is 0 Å². The zero-order chi connectivity index (χ0) is 26.3. The van der Waals surface area contributed by atoms with Crippen LogP contribution in [-0.2, 0) is 6.42 Å². The summed E-state index contributed by atoms with van der Waals surface area (Å²) in [5.74, 6) is -5.05. The molecule has 1 fully saturated rings. The van der Waals surface area contributed by atoms with Crippen molar-refractivity contribution in [3.63, 3.8) is 0 Å². The molecule has 10 heteroatoms. The number of benzene rings is 2. The van der Waals surface area contributed by atoms with E-state index in [2.05, 4.69) is 10.2 Å². The number of hydrogen-bond acceptors (Lipinski definition) is 5. The van der Waals surface area contributed by atoms with Crippen LogP contribution in [0.25, 0.3) is 10.1 Å². The number of nitrogens with one attached hydrogen (secondary N) is 1. The lowest BCUT2D eigenvalue weighted by Gasteiger charge is -2.43. The first kappa shape index (κ1) is 26.3. The quantitative estimate of drug-likeness (QED) is 0.348. The monoisotopic (exact) mass is 539 g/mol. The molecule has 200 valence electrons. The molecule has 0 amide bonds. The maximum atomic E-state index is 15.7. The summed E-state index contributed by atoms with van der Waals surface area (Å²) in [7, 11) is 0. The van der Waals surface area contributed by atoms with E-state index in [1.165, 1.54) is 28.4 Å². The molecule has 0 saturated carbocycles. The van der Waals surface area contributed by atoms with Crippen LogP contribution >= 0.6 is 11.3 Å². The van der Waals surface area contributed by atoms with Crippen LogP contribution in [0.3, 0.4) is 0 Å². The highest BCUT2D eigenvalue weighted by Crippen LogP contribution is 2.47. The molecule has 0 radical (unpaired) electrons. The molecule has 0 aliphatic carbocycles. The highest BCUT2D eigenvalue weighted by molar-refractivity contribution is 7.19. The van der Waals surface area contributed by atoms with E-state index in [1.54, 1.807) is 6.92 Å². The van der Waals surface area contributed by atoms with Crippen molar-refractivity contribution in [2.45, 2.75) is 43.8 Å². The van der Waals surface area contributed by atoms with Gasteiger partial charge in [-0.3, -0.25) is 14.2 Å². The Morgan fingerprint density at radius 3 is 2.49 bits per heavy atom. The van der Waals surface area contributed by atoms with Crippen LogP contribution in [-0.4, -0.2) is 72.4 Å². The Balaban J connectivity index is 1.51. The zero-order valence-electron chi connectivity index (χ0n) is 20.5. The zero-order valence-corrected chi connectivity index (χ0v) is 21.3. The minimum absolute atomic E-state index is 0.00821. The van der Waals surface area contributed by atoms with Gasteiger partial charge in [-0.2, -0.15) is 0 Å². The van der Waals surface area contributed by atoms with E-state index in [0.29, 0.717) is 38.0 Å². The van der Waals surface area contributed by atoms with E-state index in [4.69, 9.17) is 0 Å². The number of aliphatic hydroxyl groups excluding tert-OH is 1. The lowest BCUT2D eigenvalue weighted by Crippen LogP contribution is -2.54. The number of hydrogen-bond donors (Lipinski definition) is 2. The van der Waals surface area contributed by atoms with Crippen LogP contribution in [0, 0.1) is 11.6 Å². The average Bonchev–Trinajstić information content (AvgIpc) is 3.19. The number of anilines is 1. The number of likely N-dealkylation sites (tertiary alicyclic amines) is 1. The summed E-state index contributed by atoms with van der Waals surface area (Å²) in [4.78, 5) is 4.40. The van der Waals surface area contributed by atoms with Gasteiger partial charge < -0.3 is 10.4 Å². The van der Waals surface area contributed by atoms with E-state index in [0.717, 1.165) is 15.0 Å². The van der Waals surface area contributed by atoms with Gasteiger partial charge in [0.2, 0.25) is 0 Å². The largest absolute Gasteiger partial charge is 0.390 e. The second-order valence-electron chi connectivity index (χ2n) is 10.1. The van der Waals surface area contributed by atoms with Gasteiger partial charge in [0.15, 0.2) is 0 Å². The average molecular weight is 540 g/mol. The van der Waals surface area contributed by atoms with E-state index < -0.39 is 42.8 Å². The molecule has 37 heavy (non-hydrogen) atoms. The molecule has 1 saturated heterocycles. The second kappa shape index (κ2) is 10.5. The topological polar surface area (TPSA) is 38.7 Å². The maximum Gasteiger partial charge on any atom is 0.283 e. The van der Waals surface area contributed by atoms with Crippen molar-refractivity contribution in [3.8, 4) is 0 Å². The van der Waals surface area contributed by atoms with Gasteiger partial charge in [0.05, 0.1) is 25.3 Å². The highest BCUT2D eigenvalue weighted by atomic mass is 32.1. The van der Waals surface area contributed by atoms with Gasteiger partial charge in [-0.25, -0.2) is 17.6 Å². The van der Waals surface area contributed by atoms with Gasteiger partial charge in [-0.15, -0.1) is 11.3 Å². The van der Waals surface area contributed by atoms with E-state index in [-0.39, 0.29) is 24.0 Å². The third kappa shape index (κ3) is 5.21. The van der Waals surface area contributed by atoms with Crippen molar-refractivity contribution in [1.29, 1.82) is 0 Å². The first-order valence-electron chi connectivity index (χ1n) is 12.5. The van der Waals surface area contributed by atoms with Gasteiger partial charge in [0, 0.05) is 46.5 Å². The Bertz CT molecular complexity index is 1240. The third-order valence-corrected chi connectivity index (χ3v) is 8.51. The van der Waals surface area contributed by atoms with Crippen molar-refractivity contribution in [2.75, 3.05) is 44.8 Å². The Hall–Kier alpha value is -2.27. The normalized spacial score (nSPS) is 21.3. The number of thiophene rings is 1. The fraction of sp³-hybridized carbons (Fsp3) is 0.481. The van der Waals surface area contributed by atoms with Gasteiger partial charge in [0.25, 0.3) is 5.92 Å². The van der Waals surface area contributed by atoms with Crippen molar-refractivity contribution >= 4 is 27.1 Å². The van der Waals surface area contributed by atoms with Crippen molar-refractivity contribution in [2.24, 2.45) is 0 Å². The van der Waals surface area contributed by atoms with Gasteiger partial charge in [0.1, 0.15) is 18.2 Å². The van der Waals surface area contributed by atoms with Gasteiger partial charge >= 0.3 is 0 Å². The minimum atomic E-state index is -3.43. The number of halogens is 5. The fourth-order valence-electron chi connectivity index (χ4n) is 5.54. The summed E-state index contributed by atoms with van der Waals surface area (Å²) in [6.07, 6.45) is 0.922. The van der Waals surface area contributed by atoms with E-state index in [1.807, 2.05) is 24.3 Å². The van der Waals surface area contributed by atoms with Crippen LogP contribution in [0.5, 0.6) is 0 Å². The number of rotatable bonds is 9. The molecule has 2 N–H and O–H groups in total. The summed E-state index contributed by atoms with van der Waals surface area (Å²) in [6.45, 7) is 1.16. The van der Waals surface area contributed by atoms with Gasteiger partial charge in [-0.1, -0.05) is 18.2 Å². The Labute approximate surface area is 216 Å². The lowest BCUT2D eigenvalue weighted by molar-refractivity contribution is -0.0864. The molecule has 4 nitrogen and oxygen atoms in total. The molecule has 0 spiro atoms. The Kier molecular flexibility index (Phi) is 7.46. The standard InChI is InChI=1S/C27H30F5N3OS/c1-16-9-23-24(19-5-2-3-6-22(19)37-23)26(35(16)14-27(31,32)15-36)25-20(29)10-17(11-21(25)30)33-18-12-34(13-18)8-4-7-28/h2-3,5-6,10-11,16,18,26,33,36H,4,7-9,12-15H2,1H3/t16-,26+/m1/s1. The summed E-state index contributed by atoms with van der Waals surface area (Å²) in [5, 5.41) is 13.2. The highest BCUT2D eigenvalue weighted by Gasteiger charge is 2.43. The predicted molar refractivity (Wildman–Crippen MR) is 136 cm³/mol. The van der Waals surface area contributed by atoms with Crippen LogP contribution in [0.1, 0.15) is 35.4 Å². The SMILES string of the molecule is C[C@@H]1Cc2sc3ccccc3c2[C@@H](c2c(F)cc(NC3CN(CCCF)C3)cc2F)N1CC(F)(F)CO. The number of aliphatic hydroxyl groups is 1. The molecule has 2 atom stereocenters. The third-order valence-electron chi connectivity index (χ3n) is 7.30.